The van der Waals surface area contributed by atoms with Crippen LogP contribution in [0, 0.1) is 0 Å². The van der Waals surface area contributed by atoms with E-state index in [9.17, 15) is 19.8 Å². The Labute approximate surface area is 124 Å². The third kappa shape index (κ3) is 2.85. The molecule has 3 aliphatic heterocycles. The maximum Gasteiger partial charge on any atom is 0.326 e. The van der Waals surface area contributed by atoms with Crippen molar-refractivity contribution >= 4 is 12.0 Å². The van der Waals surface area contributed by atoms with Crippen LogP contribution in [0.3, 0.4) is 0 Å². The van der Waals surface area contributed by atoms with E-state index in [1.807, 2.05) is 0 Å². The molecule has 0 aliphatic carbocycles. The van der Waals surface area contributed by atoms with Gasteiger partial charge in [-0.05, 0) is 19.4 Å². The second kappa shape index (κ2) is 5.81. The molecule has 2 amide bonds. The molecular formula is C14H23N3O4. The Morgan fingerprint density at radius 1 is 1.05 bits per heavy atom. The average molecular weight is 297 g/mol. The summed E-state index contributed by atoms with van der Waals surface area (Å²) < 4.78 is 0. The number of hydrogen-bond donors (Lipinski definition) is 2. The van der Waals surface area contributed by atoms with Crippen LogP contribution in [-0.2, 0) is 4.79 Å². The molecule has 7 nitrogen and oxygen atoms in total. The molecule has 3 atom stereocenters. The van der Waals surface area contributed by atoms with Crippen LogP contribution < -0.4 is 0 Å². The van der Waals surface area contributed by atoms with Crippen molar-refractivity contribution in [3.63, 3.8) is 0 Å². The number of amides is 2. The molecule has 3 aliphatic rings. The Morgan fingerprint density at radius 3 is 2.62 bits per heavy atom. The van der Waals surface area contributed by atoms with E-state index in [1.165, 1.54) is 17.7 Å². The van der Waals surface area contributed by atoms with E-state index in [4.69, 9.17) is 0 Å². The van der Waals surface area contributed by atoms with E-state index in [-0.39, 0.29) is 19.0 Å². The normalized spacial score (nSPS) is 33.9. The third-order valence-electron chi connectivity index (χ3n) is 4.92. The largest absolute Gasteiger partial charge is 0.480 e. The minimum atomic E-state index is -1.03. The topological polar surface area (TPSA) is 84.3 Å². The van der Waals surface area contributed by atoms with E-state index in [2.05, 4.69) is 4.90 Å². The van der Waals surface area contributed by atoms with E-state index in [1.54, 1.807) is 4.90 Å². The summed E-state index contributed by atoms with van der Waals surface area (Å²) in [5.41, 5.74) is 0. The number of rotatable bonds is 1. The van der Waals surface area contributed by atoms with Crippen LogP contribution >= 0.6 is 0 Å². The van der Waals surface area contributed by atoms with Gasteiger partial charge in [0.15, 0.2) is 0 Å². The molecule has 0 aromatic rings. The van der Waals surface area contributed by atoms with Crippen molar-refractivity contribution in [2.75, 3.05) is 32.7 Å². The van der Waals surface area contributed by atoms with Crippen LogP contribution in [0.15, 0.2) is 0 Å². The van der Waals surface area contributed by atoms with Gasteiger partial charge in [0.05, 0.1) is 6.10 Å². The number of likely N-dealkylation sites (tertiary alicyclic amines) is 1. The average Bonchev–Trinajstić information content (AvgIpc) is 2.88. The van der Waals surface area contributed by atoms with E-state index in [0.29, 0.717) is 19.1 Å². The van der Waals surface area contributed by atoms with Gasteiger partial charge < -0.3 is 20.0 Å². The number of carboxylic acid groups (broad SMARTS) is 1. The van der Waals surface area contributed by atoms with Crippen molar-refractivity contribution < 1.29 is 19.8 Å². The van der Waals surface area contributed by atoms with Crippen LogP contribution in [-0.4, -0.2) is 87.8 Å². The first kappa shape index (κ1) is 14.6. The summed E-state index contributed by atoms with van der Waals surface area (Å²) >= 11 is 0. The fourth-order valence-corrected chi connectivity index (χ4v) is 3.77. The SMILES string of the molecule is O=C(O)[C@@H]1CC(O)CN1C(=O)N1CCN2CCCCC2C1. The highest BCUT2D eigenvalue weighted by atomic mass is 16.4. The number of aliphatic hydroxyl groups is 1. The van der Waals surface area contributed by atoms with Crippen molar-refractivity contribution in [3.05, 3.63) is 0 Å². The first-order valence-electron chi connectivity index (χ1n) is 7.76. The first-order chi connectivity index (χ1) is 10.1. The number of nitrogens with zero attached hydrogens (tertiary/aromatic N) is 3. The lowest BCUT2D eigenvalue weighted by Crippen LogP contribution is -2.59. The minimum Gasteiger partial charge on any atom is -0.480 e. The smallest absolute Gasteiger partial charge is 0.326 e. The molecule has 7 heteroatoms. The maximum absolute atomic E-state index is 12.6. The Hall–Kier alpha value is -1.34. The number of β-amino-alcohol motifs (C(OH)–C–C–N with tert-alkyl or cyclic N) is 1. The van der Waals surface area contributed by atoms with Crippen molar-refractivity contribution in [2.45, 2.75) is 43.9 Å². The van der Waals surface area contributed by atoms with E-state index in [0.717, 1.165) is 19.5 Å². The van der Waals surface area contributed by atoms with Crippen LogP contribution in [0.25, 0.3) is 0 Å². The predicted molar refractivity (Wildman–Crippen MR) is 74.9 cm³/mol. The molecule has 3 rings (SSSR count). The lowest BCUT2D eigenvalue weighted by molar-refractivity contribution is -0.141. The Morgan fingerprint density at radius 2 is 1.86 bits per heavy atom. The van der Waals surface area contributed by atoms with E-state index < -0.39 is 18.1 Å². The van der Waals surface area contributed by atoms with Gasteiger partial charge >= 0.3 is 12.0 Å². The van der Waals surface area contributed by atoms with Crippen molar-refractivity contribution in [3.8, 4) is 0 Å². The predicted octanol–water partition coefficient (Wildman–Crippen LogP) is -0.204. The number of aliphatic carboxylic acids is 1. The van der Waals surface area contributed by atoms with Gasteiger partial charge in [-0.1, -0.05) is 6.42 Å². The molecule has 2 N–H and O–H groups in total. The highest BCUT2D eigenvalue weighted by Crippen LogP contribution is 2.24. The number of carbonyl (C=O) groups excluding carboxylic acids is 1. The number of carbonyl (C=O) groups is 2. The molecule has 3 fully saturated rings. The number of hydrogen-bond acceptors (Lipinski definition) is 4. The highest BCUT2D eigenvalue weighted by molar-refractivity contribution is 5.83. The van der Waals surface area contributed by atoms with Gasteiger partial charge in [0, 0.05) is 38.6 Å². The van der Waals surface area contributed by atoms with Crippen molar-refractivity contribution in [2.24, 2.45) is 0 Å². The lowest BCUT2D eigenvalue weighted by Gasteiger charge is -2.45. The van der Waals surface area contributed by atoms with Crippen molar-refractivity contribution in [1.82, 2.24) is 14.7 Å². The molecule has 0 radical (unpaired) electrons. The van der Waals surface area contributed by atoms with Crippen LogP contribution in [0.5, 0.6) is 0 Å². The third-order valence-corrected chi connectivity index (χ3v) is 4.92. The molecule has 0 bridgehead atoms. The summed E-state index contributed by atoms with van der Waals surface area (Å²) in [7, 11) is 0. The molecular weight excluding hydrogens is 274 g/mol. The number of carboxylic acids is 1. The van der Waals surface area contributed by atoms with Crippen molar-refractivity contribution in [1.29, 1.82) is 0 Å². The lowest BCUT2D eigenvalue weighted by atomic mass is 10.00. The summed E-state index contributed by atoms with van der Waals surface area (Å²) in [6.07, 6.45) is 2.93. The first-order valence-corrected chi connectivity index (χ1v) is 7.76. The molecule has 0 aromatic heterocycles. The monoisotopic (exact) mass is 297 g/mol. The van der Waals surface area contributed by atoms with Gasteiger partial charge in [-0.25, -0.2) is 9.59 Å². The second-order valence-corrected chi connectivity index (χ2v) is 6.31. The quantitative estimate of drug-likeness (QED) is 0.700. The standard InChI is InChI=1S/C14H23N3O4/c18-11-7-12(13(19)20)17(9-11)14(21)16-6-5-15-4-2-1-3-10(15)8-16/h10-12,18H,1-9H2,(H,19,20)/t10?,11?,12-/m0/s1. The number of piperazine rings is 1. The number of urea groups is 1. The summed E-state index contributed by atoms with van der Waals surface area (Å²) in [4.78, 5) is 29.4. The highest BCUT2D eigenvalue weighted by Gasteiger charge is 2.42. The summed E-state index contributed by atoms with van der Waals surface area (Å²) in [6, 6.07) is -0.715. The van der Waals surface area contributed by atoms with Gasteiger partial charge in [0.2, 0.25) is 0 Å². The molecule has 3 saturated heterocycles. The Balaban J connectivity index is 1.66. The minimum absolute atomic E-state index is 0.126. The number of aliphatic hydroxyl groups excluding tert-OH is 1. The fraction of sp³-hybridized carbons (Fsp3) is 0.857. The van der Waals surface area contributed by atoms with Gasteiger partial charge in [0.1, 0.15) is 6.04 Å². The summed E-state index contributed by atoms with van der Waals surface area (Å²) in [5, 5.41) is 18.9. The summed E-state index contributed by atoms with van der Waals surface area (Å²) in [6.45, 7) is 3.42. The molecule has 3 heterocycles. The molecule has 0 spiro atoms. The Bertz CT molecular complexity index is 430. The number of piperidine rings is 1. The molecule has 0 saturated carbocycles. The van der Waals surface area contributed by atoms with Gasteiger partial charge in [-0.3, -0.25) is 4.90 Å². The van der Waals surface area contributed by atoms with E-state index >= 15 is 0 Å². The fourth-order valence-electron chi connectivity index (χ4n) is 3.77. The molecule has 21 heavy (non-hydrogen) atoms. The zero-order valence-electron chi connectivity index (χ0n) is 12.1. The molecule has 0 aromatic carbocycles. The molecule has 118 valence electrons. The van der Waals surface area contributed by atoms with Crippen LogP contribution in [0.4, 0.5) is 4.79 Å². The van der Waals surface area contributed by atoms with Crippen LogP contribution in [0.2, 0.25) is 0 Å². The van der Waals surface area contributed by atoms with Gasteiger partial charge in [-0.15, -0.1) is 0 Å². The van der Waals surface area contributed by atoms with Gasteiger partial charge in [0.25, 0.3) is 0 Å². The second-order valence-electron chi connectivity index (χ2n) is 6.31. The summed E-state index contributed by atoms with van der Waals surface area (Å²) in [5.74, 6) is -1.03. The number of fused-ring (bicyclic) bond motifs is 1. The molecule has 2 unspecified atom stereocenters. The van der Waals surface area contributed by atoms with Crippen LogP contribution in [0.1, 0.15) is 25.7 Å². The Kier molecular flexibility index (Phi) is 4.03. The maximum atomic E-state index is 12.6. The zero-order valence-corrected chi connectivity index (χ0v) is 12.1. The van der Waals surface area contributed by atoms with Gasteiger partial charge in [-0.2, -0.15) is 0 Å². The zero-order chi connectivity index (χ0) is 15.0.